The monoisotopic (exact) mass is 302 g/mol. The van der Waals surface area contributed by atoms with Crippen molar-refractivity contribution in [2.24, 2.45) is 0 Å². The largest absolute Gasteiger partial charge is 0.379 e. The van der Waals surface area contributed by atoms with Crippen molar-refractivity contribution >= 4 is 17.3 Å². The van der Waals surface area contributed by atoms with E-state index in [-0.39, 0.29) is 5.02 Å². The highest BCUT2D eigenvalue weighted by Gasteiger charge is 2.05. The molecule has 2 aromatic carbocycles. The van der Waals surface area contributed by atoms with Crippen LogP contribution in [0.5, 0.6) is 0 Å². The molecular formula is C15H12ClFN4. The molecule has 0 unspecified atom stereocenters. The molecule has 106 valence electrons. The molecule has 1 aromatic heterocycles. The first-order valence-electron chi connectivity index (χ1n) is 6.37. The van der Waals surface area contributed by atoms with E-state index >= 15 is 0 Å². The molecule has 0 bridgehead atoms. The molecule has 6 heteroatoms. The summed E-state index contributed by atoms with van der Waals surface area (Å²) in [5, 5.41) is 11.2. The van der Waals surface area contributed by atoms with Crippen molar-refractivity contribution < 1.29 is 4.39 Å². The summed E-state index contributed by atoms with van der Waals surface area (Å²) in [4.78, 5) is 0. The van der Waals surface area contributed by atoms with Crippen molar-refractivity contribution in [2.75, 3.05) is 5.32 Å². The molecule has 1 heterocycles. The molecule has 0 atom stereocenters. The van der Waals surface area contributed by atoms with Crippen LogP contribution in [-0.4, -0.2) is 15.0 Å². The molecule has 0 amide bonds. The van der Waals surface area contributed by atoms with Crippen molar-refractivity contribution in [3.8, 4) is 5.69 Å². The van der Waals surface area contributed by atoms with E-state index in [4.69, 9.17) is 11.6 Å². The Morgan fingerprint density at radius 2 is 2.05 bits per heavy atom. The van der Waals surface area contributed by atoms with E-state index < -0.39 is 5.82 Å². The van der Waals surface area contributed by atoms with Gasteiger partial charge in [0.2, 0.25) is 0 Å². The molecule has 0 fully saturated rings. The lowest BCUT2D eigenvalue weighted by Crippen LogP contribution is -2.05. The highest BCUT2D eigenvalue weighted by Crippen LogP contribution is 2.21. The zero-order valence-electron chi connectivity index (χ0n) is 11.0. The van der Waals surface area contributed by atoms with Crippen LogP contribution in [0, 0.1) is 5.82 Å². The van der Waals surface area contributed by atoms with Crippen LogP contribution in [0.15, 0.2) is 54.9 Å². The number of halogens is 2. The minimum atomic E-state index is -0.416. The molecule has 21 heavy (non-hydrogen) atoms. The lowest BCUT2D eigenvalue weighted by Gasteiger charge is -2.11. The third-order valence-electron chi connectivity index (χ3n) is 3.04. The molecule has 0 spiro atoms. The van der Waals surface area contributed by atoms with Gasteiger partial charge in [-0.1, -0.05) is 35.0 Å². The van der Waals surface area contributed by atoms with Gasteiger partial charge in [0.25, 0.3) is 0 Å². The summed E-state index contributed by atoms with van der Waals surface area (Å²) >= 11 is 5.68. The topological polar surface area (TPSA) is 42.7 Å². The van der Waals surface area contributed by atoms with Crippen LogP contribution in [0.3, 0.4) is 0 Å². The Morgan fingerprint density at radius 3 is 2.81 bits per heavy atom. The summed E-state index contributed by atoms with van der Waals surface area (Å²) in [5.41, 5.74) is 2.58. The number of hydrogen-bond acceptors (Lipinski definition) is 3. The number of nitrogens with zero attached hydrogens (tertiary/aromatic N) is 3. The maximum absolute atomic E-state index is 13.4. The second-order valence-corrected chi connectivity index (χ2v) is 4.87. The van der Waals surface area contributed by atoms with Crippen LogP contribution in [0.2, 0.25) is 5.02 Å². The van der Waals surface area contributed by atoms with Crippen LogP contribution in [-0.2, 0) is 6.54 Å². The lowest BCUT2D eigenvalue weighted by atomic mass is 10.2. The van der Waals surface area contributed by atoms with Gasteiger partial charge in [0, 0.05) is 6.54 Å². The maximum Gasteiger partial charge on any atom is 0.142 e. The molecule has 0 radical (unpaired) electrons. The Bertz CT molecular complexity index is 743. The number of nitrogens with one attached hydrogen (secondary N) is 1. The lowest BCUT2D eigenvalue weighted by molar-refractivity contribution is 0.626. The molecular weight excluding hydrogens is 291 g/mol. The van der Waals surface area contributed by atoms with Crippen molar-refractivity contribution in [3.63, 3.8) is 0 Å². The fraction of sp³-hybridized carbons (Fsp3) is 0.0667. The van der Waals surface area contributed by atoms with Gasteiger partial charge in [-0.3, -0.25) is 0 Å². The first kappa shape index (κ1) is 13.6. The number of para-hydroxylation sites is 2. The van der Waals surface area contributed by atoms with E-state index in [1.165, 1.54) is 6.07 Å². The molecule has 0 aliphatic rings. The Balaban J connectivity index is 1.81. The standard InChI is InChI=1S/C15H12ClFN4/c16-12-6-5-11(9-13(12)17)10-18-14-3-1-2-4-15(14)21-8-7-19-20-21/h1-9,18H,10H2. The Hall–Kier alpha value is -2.40. The number of hydrogen-bond donors (Lipinski definition) is 1. The van der Waals surface area contributed by atoms with E-state index in [1.807, 2.05) is 24.3 Å². The quantitative estimate of drug-likeness (QED) is 0.799. The van der Waals surface area contributed by atoms with Crippen molar-refractivity contribution in [2.45, 2.75) is 6.54 Å². The van der Waals surface area contributed by atoms with Gasteiger partial charge in [0.1, 0.15) is 5.82 Å². The van der Waals surface area contributed by atoms with Crippen LogP contribution < -0.4 is 5.32 Å². The predicted molar refractivity (Wildman–Crippen MR) is 80.1 cm³/mol. The Morgan fingerprint density at radius 1 is 1.19 bits per heavy atom. The first-order chi connectivity index (χ1) is 10.2. The fourth-order valence-electron chi connectivity index (χ4n) is 2.01. The normalized spacial score (nSPS) is 10.6. The zero-order chi connectivity index (χ0) is 14.7. The first-order valence-corrected chi connectivity index (χ1v) is 6.75. The minimum Gasteiger partial charge on any atom is -0.379 e. The number of benzene rings is 2. The third kappa shape index (κ3) is 3.03. The van der Waals surface area contributed by atoms with Gasteiger partial charge >= 0.3 is 0 Å². The number of rotatable bonds is 4. The van der Waals surface area contributed by atoms with Gasteiger partial charge in [0.15, 0.2) is 0 Å². The van der Waals surface area contributed by atoms with E-state index in [2.05, 4.69) is 15.6 Å². The van der Waals surface area contributed by atoms with Gasteiger partial charge in [-0.15, -0.1) is 5.10 Å². The smallest absolute Gasteiger partial charge is 0.142 e. The molecule has 1 N–H and O–H groups in total. The maximum atomic E-state index is 13.4. The SMILES string of the molecule is Fc1cc(CNc2ccccc2-n2ccnn2)ccc1Cl. The average Bonchev–Trinajstić information content (AvgIpc) is 3.03. The van der Waals surface area contributed by atoms with Gasteiger partial charge < -0.3 is 5.32 Å². The van der Waals surface area contributed by atoms with Gasteiger partial charge in [0.05, 0.1) is 28.8 Å². The van der Waals surface area contributed by atoms with Gasteiger partial charge in [-0.25, -0.2) is 9.07 Å². The predicted octanol–water partition coefficient (Wildman–Crippen LogP) is 3.67. The average molecular weight is 303 g/mol. The molecule has 3 aromatic rings. The summed E-state index contributed by atoms with van der Waals surface area (Å²) in [6.45, 7) is 0.486. The molecule has 4 nitrogen and oxygen atoms in total. The molecule has 0 aliphatic carbocycles. The summed E-state index contributed by atoms with van der Waals surface area (Å²) in [6, 6.07) is 12.5. The Kier molecular flexibility index (Phi) is 3.83. The van der Waals surface area contributed by atoms with E-state index in [0.717, 1.165) is 16.9 Å². The number of anilines is 1. The van der Waals surface area contributed by atoms with Crippen molar-refractivity contribution in [1.82, 2.24) is 15.0 Å². The highest BCUT2D eigenvalue weighted by molar-refractivity contribution is 6.30. The molecule has 3 rings (SSSR count). The van der Waals surface area contributed by atoms with E-state index in [0.29, 0.717) is 6.54 Å². The van der Waals surface area contributed by atoms with Crippen LogP contribution >= 0.6 is 11.6 Å². The van der Waals surface area contributed by atoms with Crippen LogP contribution in [0.25, 0.3) is 5.69 Å². The minimum absolute atomic E-state index is 0.127. The van der Waals surface area contributed by atoms with Gasteiger partial charge in [-0.2, -0.15) is 0 Å². The highest BCUT2D eigenvalue weighted by atomic mass is 35.5. The number of aromatic nitrogens is 3. The van der Waals surface area contributed by atoms with Crippen molar-refractivity contribution in [1.29, 1.82) is 0 Å². The zero-order valence-corrected chi connectivity index (χ0v) is 11.8. The molecule has 0 saturated heterocycles. The summed E-state index contributed by atoms with van der Waals surface area (Å²) in [6.07, 6.45) is 3.38. The summed E-state index contributed by atoms with van der Waals surface area (Å²) in [5.74, 6) is -0.416. The second-order valence-electron chi connectivity index (χ2n) is 4.47. The van der Waals surface area contributed by atoms with E-state index in [9.17, 15) is 4.39 Å². The van der Waals surface area contributed by atoms with Crippen LogP contribution in [0.1, 0.15) is 5.56 Å². The molecule has 0 aliphatic heterocycles. The van der Waals surface area contributed by atoms with Crippen molar-refractivity contribution in [3.05, 3.63) is 71.3 Å². The summed E-state index contributed by atoms with van der Waals surface area (Å²) in [7, 11) is 0. The van der Waals surface area contributed by atoms with E-state index in [1.54, 1.807) is 29.2 Å². The molecule has 0 saturated carbocycles. The summed E-state index contributed by atoms with van der Waals surface area (Å²) < 4.78 is 15.1. The third-order valence-corrected chi connectivity index (χ3v) is 3.35. The Labute approximate surface area is 126 Å². The van der Waals surface area contributed by atoms with Crippen LogP contribution in [0.4, 0.5) is 10.1 Å². The van der Waals surface area contributed by atoms with Gasteiger partial charge in [-0.05, 0) is 29.8 Å². The fourth-order valence-corrected chi connectivity index (χ4v) is 2.12. The second kappa shape index (κ2) is 5.93.